The summed E-state index contributed by atoms with van der Waals surface area (Å²) in [6, 6.07) is 15.1. The smallest absolute Gasteiger partial charge is 0.270 e. The average Bonchev–Trinajstić information content (AvgIpc) is 3.15. The number of aromatic hydroxyl groups is 1. The number of hydrogen-bond acceptors (Lipinski definition) is 6. The number of fused-ring (bicyclic) bond motifs is 1. The molecule has 0 saturated carbocycles. The monoisotopic (exact) mass is 413 g/mol. The number of phenolic OH excluding ortho intramolecular Hbond substituents is 1. The Bertz CT molecular complexity index is 1310. The van der Waals surface area contributed by atoms with Crippen LogP contribution >= 0.6 is 0 Å². The molecule has 1 N–H and O–H groups in total. The molecule has 7 nitrogen and oxygen atoms in total. The lowest BCUT2D eigenvalue weighted by Gasteiger charge is -2.01. The number of nitrogens with zero attached hydrogens (tertiary/aromatic N) is 3. The lowest BCUT2D eigenvalue weighted by Crippen LogP contribution is -1.87. The molecule has 3 aromatic carbocycles. The third kappa shape index (κ3) is 4.35. The molecule has 0 amide bonds. The summed E-state index contributed by atoms with van der Waals surface area (Å²) in [5.74, 6) is 0.368. The van der Waals surface area contributed by atoms with Crippen LogP contribution in [0.1, 0.15) is 16.7 Å². The fourth-order valence-corrected chi connectivity index (χ4v) is 3.10. The van der Waals surface area contributed by atoms with Crippen LogP contribution in [0.2, 0.25) is 0 Å². The number of hydrogen-bond donors (Lipinski definition) is 1. The number of aryl methyl sites for hydroxylation is 2. The molecule has 0 bridgehead atoms. The third-order valence-corrected chi connectivity index (χ3v) is 4.89. The van der Waals surface area contributed by atoms with Crippen LogP contribution in [0.15, 0.2) is 70.1 Å². The molecule has 7 heteroatoms. The SMILES string of the molecule is Cc1cc2nc(-c3cc(N=C/C=C/c4cccc([N+](=O)[O-])c4)ccc3O)oc2cc1C. The van der Waals surface area contributed by atoms with E-state index in [0.717, 1.165) is 16.6 Å². The van der Waals surface area contributed by atoms with Crippen LogP contribution in [0, 0.1) is 24.0 Å². The zero-order valence-electron chi connectivity index (χ0n) is 16.9. The quantitative estimate of drug-likeness (QED) is 0.240. The summed E-state index contributed by atoms with van der Waals surface area (Å²) in [6.45, 7) is 4.02. The summed E-state index contributed by atoms with van der Waals surface area (Å²) in [5.41, 5.74) is 5.39. The molecule has 1 heterocycles. The van der Waals surface area contributed by atoms with Crippen molar-refractivity contribution in [1.29, 1.82) is 0 Å². The van der Waals surface area contributed by atoms with Crippen molar-refractivity contribution in [3.8, 4) is 17.2 Å². The first-order chi connectivity index (χ1) is 14.9. The molecule has 31 heavy (non-hydrogen) atoms. The van der Waals surface area contributed by atoms with Gasteiger partial charge in [-0.25, -0.2) is 4.98 Å². The van der Waals surface area contributed by atoms with Crippen molar-refractivity contribution in [1.82, 2.24) is 4.98 Å². The maximum atomic E-state index is 10.9. The van der Waals surface area contributed by atoms with Crippen molar-refractivity contribution in [3.05, 3.63) is 87.5 Å². The van der Waals surface area contributed by atoms with Crippen molar-refractivity contribution in [2.24, 2.45) is 4.99 Å². The molecule has 0 saturated heterocycles. The third-order valence-electron chi connectivity index (χ3n) is 4.89. The number of phenols is 1. The van der Waals surface area contributed by atoms with Gasteiger partial charge in [0.2, 0.25) is 5.89 Å². The highest BCUT2D eigenvalue weighted by Crippen LogP contribution is 2.34. The van der Waals surface area contributed by atoms with Gasteiger partial charge in [-0.3, -0.25) is 15.1 Å². The number of non-ortho nitro benzene ring substituents is 1. The molecule has 0 aliphatic carbocycles. The Morgan fingerprint density at radius 1 is 1.10 bits per heavy atom. The molecular weight excluding hydrogens is 394 g/mol. The van der Waals surface area contributed by atoms with Gasteiger partial charge in [0.05, 0.1) is 16.2 Å². The molecule has 4 aromatic rings. The molecule has 0 spiro atoms. The average molecular weight is 413 g/mol. The summed E-state index contributed by atoms with van der Waals surface area (Å²) in [5, 5.41) is 21.1. The summed E-state index contributed by atoms with van der Waals surface area (Å²) >= 11 is 0. The van der Waals surface area contributed by atoms with Gasteiger partial charge >= 0.3 is 0 Å². The normalized spacial score (nSPS) is 11.7. The van der Waals surface area contributed by atoms with Gasteiger partial charge in [0.25, 0.3) is 5.69 Å². The van der Waals surface area contributed by atoms with Crippen LogP contribution < -0.4 is 0 Å². The molecule has 0 atom stereocenters. The van der Waals surface area contributed by atoms with Crippen LogP contribution in [-0.4, -0.2) is 21.2 Å². The molecule has 4 rings (SSSR count). The van der Waals surface area contributed by atoms with E-state index in [1.165, 1.54) is 18.2 Å². The summed E-state index contributed by atoms with van der Waals surface area (Å²) in [4.78, 5) is 19.3. The number of oxazole rings is 1. The highest BCUT2D eigenvalue weighted by molar-refractivity contribution is 5.83. The molecule has 0 aliphatic rings. The molecule has 0 radical (unpaired) electrons. The Hall–Kier alpha value is -4.26. The first-order valence-corrected chi connectivity index (χ1v) is 9.57. The van der Waals surface area contributed by atoms with E-state index in [2.05, 4.69) is 9.98 Å². The predicted octanol–water partition coefficient (Wildman–Crippen LogP) is 6.14. The first-order valence-electron chi connectivity index (χ1n) is 9.57. The number of nitro groups is 1. The number of allylic oxidation sites excluding steroid dienone is 1. The van der Waals surface area contributed by atoms with Crippen LogP contribution in [0.25, 0.3) is 28.6 Å². The van der Waals surface area contributed by atoms with E-state index in [-0.39, 0.29) is 11.4 Å². The van der Waals surface area contributed by atoms with E-state index in [9.17, 15) is 15.2 Å². The first kappa shape index (κ1) is 20.0. The van der Waals surface area contributed by atoms with E-state index in [1.54, 1.807) is 42.6 Å². The Kier molecular flexibility index (Phi) is 5.32. The number of benzene rings is 3. The maximum absolute atomic E-state index is 10.9. The van der Waals surface area contributed by atoms with Crippen LogP contribution in [0.4, 0.5) is 11.4 Å². The second kappa shape index (κ2) is 8.23. The Morgan fingerprint density at radius 2 is 1.90 bits per heavy atom. The van der Waals surface area contributed by atoms with E-state index in [4.69, 9.17) is 4.42 Å². The van der Waals surface area contributed by atoms with Gasteiger partial charge in [0, 0.05) is 18.3 Å². The van der Waals surface area contributed by atoms with Crippen molar-refractivity contribution in [3.63, 3.8) is 0 Å². The zero-order valence-corrected chi connectivity index (χ0v) is 16.9. The molecular formula is C24H19N3O4. The molecule has 154 valence electrons. The molecule has 1 aromatic heterocycles. The lowest BCUT2D eigenvalue weighted by atomic mass is 10.1. The van der Waals surface area contributed by atoms with Gasteiger partial charge in [-0.2, -0.15) is 0 Å². The highest BCUT2D eigenvalue weighted by Gasteiger charge is 2.14. The largest absolute Gasteiger partial charge is 0.507 e. The Labute approximate surface area is 178 Å². The van der Waals surface area contributed by atoms with Crippen LogP contribution in [0.5, 0.6) is 5.75 Å². The van der Waals surface area contributed by atoms with E-state index >= 15 is 0 Å². The van der Waals surface area contributed by atoms with Gasteiger partial charge in [-0.15, -0.1) is 0 Å². The van der Waals surface area contributed by atoms with E-state index in [1.807, 2.05) is 26.0 Å². The fourth-order valence-electron chi connectivity index (χ4n) is 3.10. The summed E-state index contributed by atoms with van der Waals surface area (Å²) in [7, 11) is 0. The van der Waals surface area contributed by atoms with Crippen molar-refractivity contribution < 1.29 is 14.4 Å². The van der Waals surface area contributed by atoms with E-state index < -0.39 is 4.92 Å². The maximum Gasteiger partial charge on any atom is 0.270 e. The van der Waals surface area contributed by atoms with Gasteiger partial charge < -0.3 is 9.52 Å². The standard InChI is InChI=1S/C24H19N3O4/c1-15-11-21-23(12-16(15)2)31-24(26-21)20-14-18(8-9-22(20)28)25-10-4-6-17-5-3-7-19(13-17)27(29)30/h3-14,28H,1-2H3/b6-4+,25-10?. The van der Waals surface area contributed by atoms with Crippen molar-refractivity contribution in [2.75, 3.05) is 0 Å². The number of aromatic nitrogens is 1. The van der Waals surface area contributed by atoms with Crippen LogP contribution in [-0.2, 0) is 0 Å². The molecule has 0 fully saturated rings. The number of rotatable bonds is 5. The van der Waals surface area contributed by atoms with Gasteiger partial charge in [0.15, 0.2) is 5.58 Å². The summed E-state index contributed by atoms with van der Waals surface area (Å²) in [6.07, 6.45) is 4.99. The van der Waals surface area contributed by atoms with Gasteiger partial charge in [-0.05, 0) is 66.9 Å². The minimum Gasteiger partial charge on any atom is -0.507 e. The van der Waals surface area contributed by atoms with Crippen LogP contribution in [0.3, 0.4) is 0 Å². The minimum absolute atomic E-state index is 0.0333. The zero-order chi connectivity index (χ0) is 22.0. The number of aliphatic imine (C=N–C) groups is 1. The van der Waals surface area contributed by atoms with E-state index in [0.29, 0.717) is 28.3 Å². The lowest BCUT2D eigenvalue weighted by molar-refractivity contribution is -0.384. The Morgan fingerprint density at radius 3 is 2.71 bits per heavy atom. The van der Waals surface area contributed by atoms with Gasteiger partial charge in [0.1, 0.15) is 11.3 Å². The fraction of sp³-hybridized carbons (Fsp3) is 0.0833. The molecule has 0 aliphatic heterocycles. The van der Waals surface area contributed by atoms with Crippen molar-refractivity contribution >= 4 is 34.8 Å². The highest BCUT2D eigenvalue weighted by atomic mass is 16.6. The Balaban J connectivity index is 1.58. The summed E-state index contributed by atoms with van der Waals surface area (Å²) < 4.78 is 5.85. The predicted molar refractivity (Wildman–Crippen MR) is 121 cm³/mol. The molecule has 0 unspecified atom stereocenters. The minimum atomic E-state index is -0.432. The van der Waals surface area contributed by atoms with Crippen molar-refractivity contribution in [2.45, 2.75) is 13.8 Å². The van der Waals surface area contributed by atoms with Gasteiger partial charge in [-0.1, -0.05) is 18.2 Å². The second-order valence-electron chi connectivity index (χ2n) is 7.11. The second-order valence-corrected chi connectivity index (χ2v) is 7.11. The number of nitro benzene ring substituents is 1. The topological polar surface area (TPSA) is 102 Å².